The van der Waals surface area contributed by atoms with Crippen molar-refractivity contribution in [2.45, 2.75) is 13.3 Å². The van der Waals surface area contributed by atoms with Gasteiger partial charge >= 0.3 is 5.69 Å². The summed E-state index contributed by atoms with van der Waals surface area (Å²) < 4.78 is 13.7. The minimum Gasteiger partial charge on any atom is -0.340 e. The van der Waals surface area contributed by atoms with Gasteiger partial charge in [-0.05, 0) is 24.1 Å². The Balaban J connectivity index is 2.09. The van der Waals surface area contributed by atoms with Gasteiger partial charge in [0.25, 0.3) is 0 Å². The SMILES string of the molecule is CCc1cccc(Nc2ncnc3cc(F)c([N+](=O)[O-])cc23)c1. The number of fused-ring (bicyclic) bond motifs is 1. The molecular formula is C16H13FN4O2. The van der Waals surface area contributed by atoms with Crippen molar-refractivity contribution in [3.63, 3.8) is 0 Å². The Morgan fingerprint density at radius 1 is 1.26 bits per heavy atom. The van der Waals surface area contributed by atoms with E-state index in [4.69, 9.17) is 0 Å². The van der Waals surface area contributed by atoms with E-state index in [-0.39, 0.29) is 0 Å². The van der Waals surface area contributed by atoms with Crippen molar-refractivity contribution in [1.29, 1.82) is 0 Å². The molecule has 1 N–H and O–H groups in total. The van der Waals surface area contributed by atoms with Crippen LogP contribution in [-0.2, 0) is 6.42 Å². The minimum absolute atomic E-state index is 0.303. The van der Waals surface area contributed by atoms with Crippen LogP contribution in [-0.4, -0.2) is 14.9 Å². The monoisotopic (exact) mass is 312 g/mol. The second-order valence-electron chi connectivity index (χ2n) is 4.98. The smallest absolute Gasteiger partial charge is 0.305 e. The van der Waals surface area contributed by atoms with Crippen LogP contribution in [0, 0.1) is 15.9 Å². The molecule has 2 aromatic carbocycles. The maximum Gasteiger partial charge on any atom is 0.305 e. The van der Waals surface area contributed by atoms with Crippen molar-refractivity contribution in [1.82, 2.24) is 9.97 Å². The molecule has 23 heavy (non-hydrogen) atoms. The molecule has 0 bridgehead atoms. The lowest BCUT2D eigenvalue weighted by Crippen LogP contribution is -1.99. The molecular weight excluding hydrogens is 299 g/mol. The van der Waals surface area contributed by atoms with E-state index in [1.165, 1.54) is 6.33 Å². The summed E-state index contributed by atoms with van der Waals surface area (Å²) in [5, 5.41) is 14.4. The summed E-state index contributed by atoms with van der Waals surface area (Å²) in [6.45, 7) is 2.05. The Bertz CT molecular complexity index is 898. The van der Waals surface area contributed by atoms with E-state index in [1.807, 2.05) is 31.2 Å². The van der Waals surface area contributed by atoms with Gasteiger partial charge in [0.2, 0.25) is 5.82 Å². The lowest BCUT2D eigenvalue weighted by atomic mass is 10.1. The maximum absolute atomic E-state index is 13.7. The van der Waals surface area contributed by atoms with E-state index in [2.05, 4.69) is 15.3 Å². The number of hydrogen-bond acceptors (Lipinski definition) is 5. The summed E-state index contributed by atoms with van der Waals surface area (Å²) in [5.74, 6) is -0.522. The van der Waals surface area contributed by atoms with E-state index in [0.29, 0.717) is 16.7 Å². The maximum atomic E-state index is 13.7. The van der Waals surface area contributed by atoms with Crippen molar-refractivity contribution in [2.75, 3.05) is 5.32 Å². The van der Waals surface area contributed by atoms with Crippen LogP contribution >= 0.6 is 0 Å². The van der Waals surface area contributed by atoms with Crippen LogP contribution in [0.1, 0.15) is 12.5 Å². The fraction of sp³-hybridized carbons (Fsp3) is 0.125. The number of benzene rings is 2. The number of rotatable bonds is 4. The highest BCUT2D eigenvalue weighted by Crippen LogP contribution is 2.29. The van der Waals surface area contributed by atoms with Crippen LogP contribution in [0.3, 0.4) is 0 Å². The third-order valence-corrected chi connectivity index (χ3v) is 3.50. The highest BCUT2D eigenvalue weighted by atomic mass is 19.1. The van der Waals surface area contributed by atoms with Gasteiger partial charge < -0.3 is 5.32 Å². The fourth-order valence-corrected chi connectivity index (χ4v) is 2.31. The fourth-order valence-electron chi connectivity index (χ4n) is 2.31. The zero-order valence-electron chi connectivity index (χ0n) is 12.3. The van der Waals surface area contributed by atoms with E-state index in [9.17, 15) is 14.5 Å². The molecule has 3 aromatic rings. The highest BCUT2D eigenvalue weighted by molar-refractivity contribution is 5.92. The van der Waals surface area contributed by atoms with Crippen LogP contribution in [0.5, 0.6) is 0 Å². The number of aromatic nitrogens is 2. The number of aryl methyl sites for hydroxylation is 1. The third-order valence-electron chi connectivity index (χ3n) is 3.50. The average Bonchev–Trinajstić information content (AvgIpc) is 2.54. The number of anilines is 2. The molecule has 116 valence electrons. The van der Waals surface area contributed by atoms with Crippen LogP contribution < -0.4 is 5.32 Å². The van der Waals surface area contributed by atoms with Gasteiger partial charge in [-0.2, -0.15) is 4.39 Å². The molecule has 1 aromatic heterocycles. The van der Waals surface area contributed by atoms with Gasteiger partial charge in [0.15, 0.2) is 0 Å². The Morgan fingerprint density at radius 2 is 2.09 bits per heavy atom. The number of halogens is 1. The Kier molecular flexibility index (Phi) is 3.84. The Labute approximate surface area is 131 Å². The molecule has 0 unspecified atom stereocenters. The standard InChI is InChI=1S/C16H13FN4O2/c1-2-10-4-3-5-11(6-10)20-16-12-7-15(21(22)23)13(17)8-14(12)18-9-19-16/h3-9H,2H2,1H3,(H,18,19,20). The van der Waals surface area contributed by atoms with Gasteiger partial charge in [-0.1, -0.05) is 19.1 Å². The molecule has 6 nitrogen and oxygen atoms in total. The molecule has 0 spiro atoms. The summed E-state index contributed by atoms with van der Waals surface area (Å²) in [6.07, 6.45) is 2.18. The molecule has 0 saturated heterocycles. The largest absolute Gasteiger partial charge is 0.340 e. The number of nitrogens with zero attached hydrogens (tertiary/aromatic N) is 3. The number of nitrogens with one attached hydrogen (secondary N) is 1. The second kappa shape index (κ2) is 5.96. The van der Waals surface area contributed by atoms with Crippen molar-refractivity contribution < 1.29 is 9.31 Å². The van der Waals surface area contributed by atoms with Crippen LogP contribution in [0.2, 0.25) is 0 Å². The van der Waals surface area contributed by atoms with Gasteiger partial charge in [-0.15, -0.1) is 0 Å². The summed E-state index contributed by atoms with van der Waals surface area (Å²) in [5.41, 5.74) is 1.65. The predicted molar refractivity (Wildman–Crippen MR) is 85.3 cm³/mol. The molecule has 0 atom stereocenters. The molecule has 1 heterocycles. The molecule has 0 aliphatic heterocycles. The van der Waals surface area contributed by atoms with E-state index >= 15 is 0 Å². The van der Waals surface area contributed by atoms with Crippen LogP contribution in [0.25, 0.3) is 10.9 Å². The average molecular weight is 312 g/mol. The second-order valence-corrected chi connectivity index (χ2v) is 4.98. The number of nitro benzene ring substituents is 1. The molecule has 0 saturated carbocycles. The van der Waals surface area contributed by atoms with Crippen LogP contribution in [0.4, 0.5) is 21.6 Å². The first-order valence-electron chi connectivity index (χ1n) is 7.03. The summed E-state index contributed by atoms with van der Waals surface area (Å²) >= 11 is 0. The molecule has 3 rings (SSSR count). The third kappa shape index (κ3) is 2.94. The molecule has 7 heteroatoms. The first-order chi connectivity index (χ1) is 11.1. The van der Waals surface area contributed by atoms with E-state index < -0.39 is 16.4 Å². The van der Waals surface area contributed by atoms with Gasteiger partial charge in [0.05, 0.1) is 15.8 Å². The van der Waals surface area contributed by atoms with Gasteiger partial charge in [0, 0.05) is 17.8 Å². The number of hydrogen-bond donors (Lipinski definition) is 1. The Morgan fingerprint density at radius 3 is 2.83 bits per heavy atom. The van der Waals surface area contributed by atoms with Crippen molar-refractivity contribution in [3.8, 4) is 0 Å². The molecule has 0 fully saturated rings. The Hall–Kier alpha value is -3.09. The first-order valence-corrected chi connectivity index (χ1v) is 7.03. The molecule has 0 radical (unpaired) electrons. The van der Waals surface area contributed by atoms with Crippen molar-refractivity contribution in [2.24, 2.45) is 0 Å². The van der Waals surface area contributed by atoms with Gasteiger partial charge in [0.1, 0.15) is 12.1 Å². The highest BCUT2D eigenvalue weighted by Gasteiger charge is 2.17. The normalized spacial score (nSPS) is 10.7. The summed E-state index contributed by atoms with van der Waals surface area (Å²) in [6, 6.07) is 9.94. The van der Waals surface area contributed by atoms with Crippen molar-refractivity contribution in [3.05, 3.63) is 64.2 Å². The van der Waals surface area contributed by atoms with Gasteiger partial charge in [-0.25, -0.2) is 9.97 Å². The van der Waals surface area contributed by atoms with E-state index in [1.54, 1.807) is 0 Å². The lowest BCUT2D eigenvalue weighted by Gasteiger charge is -2.09. The minimum atomic E-state index is -0.917. The van der Waals surface area contributed by atoms with Gasteiger partial charge in [-0.3, -0.25) is 10.1 Å². The zero-order chi connectivity index (χ0) is 16.4. The number of nitro groups is 1. The van der Waals surface area contributed by atoms with E-state index in [0.717, 1.165) is 29.8 Å². The topological polar surface area (TPSA) is 81.0 Å². The van der Waals surface area contributed by atoms with Crippen LogP contribution in [0.15, 0.2) is 42.7 Å². The molecule has 0 amide bonds. The lowest BCUT2D eigenvalue weighted by molar-refractivity contribution is -0.387. The zero-order valence-corrected chi connectivity index (χ0v) is 12.3. The molecule has 0 aliphatic carbocycles. The van der Waals surface area contributed by atoms with Crippen molar-refractivity contribution >= 4 is 28.1 Å². The molecule has 0 aliphatic rings. The quantitative estimate of drug-likeness (QED) is 0.582. The first kappa shape index (κ1) is 14.8. The predicted octanol–water partition coefficient (Wildman–Crippen LogP) is 3.98. The summed E-state index contributed by atoms with van der Waals surface area (Å²) in [7, 11) is 0. The summed E-state index contributed by atoms with van der Waals surface area (Å²) in [4.78, 5) is 18.2.